The highest BCUT2D eigenvalue weighted by molar-refractivity contribution is 7.83. The number of hydrogen-bond acceptors (Lipinski definition) is 4. The van der Waals surface area contributed by atoms with Crippen molar-refractivity contribution in [1.82, 2.24) is 4.98 Å². The van der Waals surface area contributed by atoms with Crippen LogP contribution in [0.4, 0.5) is 0 Å². The Bertz CT molecular complexity index is 846. The Labute approximate surface area is 152 Å². The number of ether oxygens (including phenoxy) is 1. The normalized spacial score (nSPS) is 12.1. The van der Waals surface area contributed by atoms with Gasteiger partial charge in [0.2, 0.25) is 0 Å². The molecule has 0 saturated carbocycles. The lowest BCUT2D eigenvalue weighted by Crippen LogP contribution is -2.00. The van der Waals surface area contributed by atoms with Crippen LogP contribution in [0.3, 0.4) is 0 Å². The lowest BCUT2D eigenvalue weighted by molar-refractivity contribution is 0.415. The molecule has 0 amide bonds. The average molecular weight is 378 g/mol. The molecule has 3 rings (SSSR count). The van der Waals surface area contributed by atoms with Gasteiger partial charge >= 0.3 is 0 Å². The third kappa shape index (κ3) is 4.23. The number of nitrogens with zero attached hydrogens (tertiary/aromatic N) is 1. The molecule has 2 aromatic carbocycles. The minimum absolute atomic E-state index is 0.428. The van der Waals surface area contributed by atoms with E-state index in [2.05, 4.69) is 4.98 Å². The third-order valence-electron chi connectivity index (χ3n) is 3.47. The Kier molecular flexibility index (Phi) is 5.66. The molecule has 0 radical (unpaired) electrons. The molecule has 124 valence electrons. The van der Waals surface area contributed by atoms with Crippen molar-refractivity contribution in [2.75, 3.05) is 7.11 Å². The Morgan fingerprint density at radius 3 is 2.58 bits per heavy atom. The lowest BCUT2D eigenvalue weighted by atomic mass is 10.2. The van der Waals surface area contributed by atoms with E-state index in [0.717, 1.165) is 27.6 Å². The smallest absolute Gasteiger partial charge is 0.123 e. The summed E-state index contributed by atoms with van der Waals surface area (Å²) in [5.74, 6) is 1.68. The van der Waals surface area contributed by atoms with Crippen LogP contribution in [0.1, 0.15) is 11.3 Å². The molecule has 0 fully saturated rings. The summed E-state index contributed by atoms with van der Waals surface area (Å²) in [4.78, 5) is 4.59. The second kappa shape index (κ2) is 7.92. The van der Waals surface area contributed by atoms with Crippen LogP contribution >= 0.6 is 22.9 Å². The Morgan fingerprint density at radius 2 is 1.88 bits per heavy atom. The fourth-order valence-electron chi connectivity index (χ4n) is 2.24. The highest BCUT2D eigenvalue weighted by Gasteiger charge is 2.10. The number of halogens is 1. The van der Waals surface area contributed by atoms with Crippen molar-refractivity contribution < 1.29 is 8.95 Å². The van der Waals surface area contributed by atoms with Gasteiger partial charge in [0.15, 0.2) is 0 Å². The number of methoxy groups -OCH3 is 1. The first-order valence-corrected chi connectivity index (χ1v) is 10.1. The van der Waals surface area contributed by atoms with Crippen LogP contribution in [0.5, 0.6) is 5.75 Å². The van der Waals surface area contributed by atoms with Gasteiger partial charge in [-0.3, -0.25) is 4.21 Å². The zero-order chi connectivity index (χ0) is 16.9. The van der Waals surface area contributed by atoms with Crippen LogP contribution in [-0.4, -0.2) is 16.3 Å². The van der Waals surface area contributed by atoms with Crippen LogP contribution in [-0.2, 0) is 22.3 Å². The predicted octanol–water partition coefficient (Wildman–Crippen LogP) is 4.92. The number of benzene rings is 2. The topological polar surface area (TPSA) is 39.2 Å². The fraction of sp³-hybridized carbons (Fsp3) is 0.167. The molecule has 0 aliphatic carbocycles. The fourth-order valence-corrected chi connectivity index (χ4v) is 4.64. The van der Waals surface area contributed by atoms with Crippen LogP contribution < -0.4 is 4.74 Å². The van der Waals surface area contributed by atoms with Crippen LogP contribution in [0.25, 0.3) is 10.6 Å². The van der Waals surface area contributed by atoms with E-state index < -0.39 is 10.8 Å². The monoisotopic (exact) mass is 377 g/mol. The number of thiazole rings is 1. The van der Waals surface area contributed by atoms with E-state index in [1.807, 2.05) is 53.9 Å². The summed E-state index contributed by atoms with van der Waals surface area (Å²) in [5.41, 5.74) is 2.78. The second-order valence-corrected chi connectivity index (χ2v) is 7.91. The molecule has 3 nitrogen and oxygen atoms in total. The first kappa shape index (κ1) is 17.1. The molecule has 6 heteroatoms. The summed E-state index contributed by atoms with van der Waals surface area (Å²) < 4.78 is 17.5. The van der Waals surface area contributed by atoms with Gasteiger partial charge in [-0.05, 0) is 35.9 Å². The van der Waals surface area contributed by atoms with Gasteiger partial charge < -0.3 is 4.74 Å². The van der Waals surface area contributed by atoms with Crippen LogP contribution in [0.15, 0.2) is 53.9 Å². The molecule has 1 aromatic heterocycles. The van der Waals surface area contributed by atoms with Gasteiger partial charge in [-0.2, -0.15) is 0 Å². The van der Waals surface area contributed by atoms with Crippen molar-refractivity contribution in [3.05, 3.63) is 70.2 Å². The summed E-state index contributed by atoms with van der Waals surface area (Å²) in [7, 11) is 0.603. The molecule has 0 aliphatic rings. The molecule has 0 bridgehead atoms. The van der Waals surface area contributed by atoms with Crippen molar-refractivity contribution >= 4 is 33.7 Å². The van der Waals surface area contributed by atoms with E-state index in [-0.39, 0.29) is 0 Å². The van der Waals surface area contributed by atoms with Gasteiger partial charge in [0.05, 0.1) is 24.3 Å². The van der Waals surface area contributed by atoms with Gasteiger partial charge in [0.1, 0.15) is 10.8 Å². The SMILES string of the molecule is COc1ccc(-c2nc(CS(=O)Cc3ccccc3Cl)cs2)cc1. The maximum Gasteiger partial charge on any atom is 0.123 e. The van der Waals surface area contributed by atoms with Crippen LogP contribution in [0.2, 0.25) is 5.02 Å². The minimum Gasteiger partial charge on any atom is -0.497 e. The van der Waals surface area contributed by atoms with E-state index in [0.29, 0.717) is 16.5 Å². The maximum absolute atomic E-state index is 12.4. The Morgan fingerprint density at radius 1 is 1.12 bits per heavy atom. The predicted molar refractivity (Wildman–Crippen MR) is 101 cm³/mol. The van der Waals surface area contributed by atoms with Crippen molar-refractivity contribution in [2.24, 2.45) is 0 Å². The lowest BCUT2D eigenvalue weighted by Gasteiger charge is -2.03. The summed E-state index contributed by atoms with van der Waals surface area (Å²) >= 11 is 7.68. The summed E-state index contributed by atoms with van der Waals surface area (Å²) in [6.07, 6.45) is 0. The van der Waals surface area contributed by atoms with Crippen molar-refractivity contribution in [1.29, 1.82) is 0 Å². The summed E-state index contributed by atoms with van der Waals surface area (Å²) in [6.45, 7) is 0. The van der Waals surface area contributed by atoms with E-state index in [9.17, 15) is 4.21 Å². The molecule has 1 unspecified atom stereocenters. The Balaban J connectivity index is 1.67. The van der Waals surface area contributed by atoms with Crippen LogP contribution in [0, 0.1) is 0 Å². The molecular weight excluding hydrogens is 362 g/mol. The molecule has 24 heavy (non-hydrogen) atoms. The van der Waals surface area contributed by atoms with E-state index in [1.165, 1.54) is 0 Å². The molecular formula is C18H16ClNO2S2. The first-order chi connectivity index (χ1) is 11.7. The summed E-state index contributed by atoms with van der Waals surface area (Å²) in [5, 5.41) is 3.54. The van der Waals surface area contributed by atoms with E-state index in [4.69, 9.17) is 16.3 Å². The highest BCUT2D eigenvalue weighted by Crippen LogP contribution is 2.26. The van der Waals surface area contributed by atoms with E-state index >= 15 is 0 Å². The quantitative estimate of drug-likeness (QED) is 0.612. The highest BCUT2D eigenvalue weighted by atomic mass is 35.5. The van der Waals surface area contributed by atoms with Crippen molar-refractivity contribution in [3.63, 3.8) is 0 Å². The van der Waals surface area contributed by atoms with Crippen molar-refractivity contribution in [3.8, 4) is 16.3 Å². The Hall–Kier alpha value is -1.69. The minimum atomic E-state index is -1.04. The van der Waals surface area contributed by atoms with Gasteiger partial charge in [-0.25, -0.2) is 4.98 Å². The molecule has 1 atom stereocenters. The van der Waals surface area contributed by atoms with Gasteiger partial charge in [0.25, 0.3) is 0 Å². The molecule has 3 aromatic rings. The third-order valence-corrected chi connectivity index (χ3v) is 6.03. The number of rotatable bonds is 6. The summed E-state index contributed by atoms with van der Waals surface area (Å²) in [6, 6.07) is 15.3. The largest absolute Gasteiger partial charge is 0.497 e. The maximum atomic E-state index is 12.4. The van der Waals surface area contributed by atoms with Gasteiger partial charge in [0, 0.05) is 26.8 Å². The zero-order valence-corrected chi connectivity index (χ0v) is 15.5. The average Bonchev–Trinajstić information content (AvgIpc) is 3.05. The molecule has 0 saturated heterocycles. The number of aromatic nitrogens is 1. The first-order valence-electron chi connectivity index (χ1n) is 7.33. The molecule has 0 spiro atoms. The second-order valence-electron chi connectivity index (χ2n) is 5.19. The van der Waals surface area contributed by atoms with Crippen molar-refractivity contribution in [2.45, 2.75) is 11.5 Å². The zero-order valence-electron chi connectivity index (χ0n) is 13.1. The van der Waals surface area contributed by atoms with Gasteiger partial charge in [-0.1, -0.05) is 29.8 Å². The van der Waals surface area contributed by atoms with E-state index in [1.54, 1.807) is 18.4 Å². The van der Waals surface area contributed by atoms with Gasteiger partial charge in [-0.15, -0.1) is 11.3 Å². The standard InChI is InChI=1S/C18H16ClNO2S2/c1-22-16-8-6-13(7-9-16)18-20-15(10-23-18)12-24(21)11-14-4-2-3-5-17(14)19/h2-10H,11-12H2,1H3. The molecule has 0 aliphatic heterocycles. The molecule has 0 N–H and O–H groups in total. The number of hydrogen-bond donors (Lipinski definition) is 0. The molecule has 1 heterocycles.